The van der Waals surface area contributed by atoms with Crippen molar-refractivity contribution in [2.24, 2.45) is 0 Å². The van der Waals surface area contributed by atoms with Crippen molar-refractivity contribution in [3.05, 3.63) is 11.6 Å². The fourth-order valence-electron chi connectivity index (χ4n) is 2.50. The van der Waals surface area contributed by atoms with Gasteiger partial charge in [0.1, 0.15) is 5.60 Å². The third-order valence-electron chi connectivity index (χ3n) is 3.34. The lowest BCUT2D eigenvalue weighted by Crippen LogP contribution is -2.50. The van der Waals surface area contributed by atoms with Crippen molar-refractivity contribution in [1.82, 2.24) is 10.2 Å². The molecule has 2 rings (SSSR count). The fourth-order valence-corrected chi connectivity index (χ4v) is 2.50. The highest BCUT2D eigenvalue weighted by Gasteiger charge is 2.34. The second-order valence-electron chi connectivity index (χ2n) is 6.07. The van der Waals surface area contributed by atoms with Crippen molar-refractivity contribution in [3.63, 3.8) is 0 Å². The van der Waals surface area contributed by atoms with Crippen LogP contribution < -0.4 is 5.32 Å². The fraction of sp³-hybridized carbons (Fsp3) is 0.714. The lowest BCUT2D eigenvalue weighted by atomic mass is 9.95. The zero-order valence-electron chi connectivity index (χ0n) is 12.0. The van der Waals surface area contributed by atoms with Crippen LogP contribution in [0.15, 0.2) is 11.6 Å². The molecule has 0 radical (unpaired) electrons. The number of nitrogens with zero attached hydrogens (tertiary/aromatic N) is 1. The third kappa shape index (κ3) is 3.35. The maximum atomic E-state index is 12.3. The molecule has 2 aliphatic rings. The Hall–Kier alpha value is -1.36. The summed E-state index contributed by atoms with van der Waals surface area (Å²) in [7, 11) is 0. The standard InChI is InChI=1S/C14H23N3O2/c1-14(2,3)19-13(18)17-8-4-5-10-11(15)6-7-16-9-12(10)17/h5,12,15-16H,4,6-9H2,1-3H3. The van der Waals surface area contributed by atoms with Crippen molar-refractivity contribution in [2.45, 2.75) is 45.3 Å². The minimum atomic E-state index is -0.482. The van der Waals surface area contributed by atoms with Crippen molar-refractivity contribution in [1.29, 1.82) is 5.41 Å². The van der Waals surface area contributed by atoms with Gasteiger partial charge in [-0.25, -0.2) is 4.79 Å². The molecule has 106 valence electrons. The van der Waals surface area contributed by atoms with Gasteiger partial charge in [-0.15, -0.1) is 0 Å². The second-order valence-corrected chi connectivity index (χ2v) is 6.07. The van der Waals surface area contributed by atoms with Crippen LogP contribution in [0.3, 0.4) is 0 Å². The van der Waals surface area contributed by atoms with Crippen molar-refractivity contribution < 1.29 is 9.53 Å². The smallest absolute Gasteiger partial charge is 0.410 e. The topological polar surface area (TPSA) is 65.4 Å². The normalized spacial score (nSPS) is 24.4. The number of rotatable bonds is 0. The Morgan fingerprint density at radius 3 is 2.95 bits per heavy atom. The molecule has 2 aliphatic heterocycles. The Kier molecular flexibility index (Phi) is 3.94. The number of ether oxygens (including phenoxy) is 1. The summed E-state index contributed by atoms with van der Waals surface area (Å²) in [5.74, 6) is 0. The first-order chi connectivity index (χ1) is 8.88. The van der Waals surface area contributed by atoms with Crippen molar-refractivity contribution >= 4 is 11.8 Å². The summed E-state index contributed by atoms with van der Waals surface area (Å²) in [6.07, 6.45) is 3.35. The summed E-state index contributed by atoms with van der Waals surface area (Å²) in [5, 5.41) is 11.4. The summed E-state index contributed by atoms with van der Waals surface area (Å²) in [4.78, 5) is 14.0. The Labute approximate surface area is 114 Å². The van der Waals surface area contributed by atoms with Crippen LogP contribution in [-0.2, 0) is 4.74 Å². The summed E-state index contributed by atoms with van der Waals surface area (Å²) >= 11 is 0. The van der Waals surface area contributed by atoms with E-state index < -0.39 is 5.60 Å². The van der Waals surface area contributed by atoms with Gasteiger partial charge in [0, 0.05) is 31.8 Å². The largest absolute Gasteiger partial charge is 0.444 e. The summed E-state index contributed by atoms with van der Waals surface area (Å²) in [6, 6.07) is -0.0569. The maximum absolute atomic E-state index is 12.3. The van der Waals surface area contributed by atoms with Gasteiger partial charge in [0.05, 0.1) is 6.04 Å². The van der Waals surface area contributed by atoms with Crippen LogP contribution in [0.25, 0.3) is 0 Å². The Bertz CT molecular complexity index is 409. The van der Waals surface area contributed by atoms with Gasteiger partial charge in [-0.05, 0) is 32.8 Å². The number of carbonyl (C=O) groups excluding carboxylic acids is 1. The number of hydrogen-bond donors (Lipinski definition) is 2. The molecular formula is C14H23N3O2. The predicted molar refractivity (Wildman–Crippen MR) is 74.6 cm³/mol. The SMILES string of the molecule is CC(C)(C)OC(=O)N1CCC=C2C(=N)CCNCC21. The van der Waals surface area contributed by atoms with Crippen molar-refractivity contribution in [3.8, 4) is 0 Å². The molecule has 0 aromatic rings. The van der Waals surface area contributed by atoms with E-state index in [-0.39, 0.29) is 12.1 Å². The van der Waals surface area contributed by atoms with Gasteiger partial charge in [-0.3, -0.25) is 4.90 Å². The Balaban J connectivity index is 2.16. The highest BCUT2D eigenvalue weighted by Crippen LogP contribution is 2.23. The molecule has 0 spiro atoms. The monoisotopic (exact) mass is 265 g/mol. The molecule has 1 fully saturated rings. The first-order valence-electron chi connectivity index (χ1n) is 6.86. The summed E-state index contributed by atoms with van der Waals surface area (Å²) < 4.78 is 5.46. The molecule has 0 saturated carbocycles. The van der Waals surface area contributed by atoms with Gasteiger partial charge in [-0.1, -0.05) is 6.08 Å². The molecule has 0 bridgehead atoms. The van der Waals surface area contributed by atoms with Crippen LogP contribution in [0, 0.1) is 5.41 Å². The molecule has 0 aromatic heterocycles. The first kappa shape index (κ1) is 14.1. The molecule has 1 amide bonds. The molecule has 2 N–H and O–H groups in total. The minimum absolute atomic E-state index is 0.0569. The minimum Gasteiger partial charge on any atom is -0.444 e. The number of amides is 1. The molecule has 1 unspecified atom stereocenters. The maximum Gasteiger partial charge on any atom is 0.410 e. The molecule has 0 aliphatic carbocycles. The molecular weight excluding hydrogens is 242 g/mol. The highest BCUT2D eigenvalue weighted by atomic mass is 16.6. The average Bonchev–Trinajstić information content (AvgIpc) is 2.49. The van der Waals surface area contributed by atoms with E-state index in [2.05, 4.69) is 11.4 Å². The number of fused-ring (bicyclic) bond motifs is 1. The number of carbonyl (C=O) groups is 1. The van der Waals surface area contributed by atoms with Crippen molar-refractivity contribution in [2.75, 3.05) is 19.6 Å². The average molecular weight is 265 g/mol. The van der Waals surface area contributed by atoms with E-state index in [4.69, 9.17) is 10.1 Å². The molecule has 19 heavy (non-hydrogen) atoms. The van der Waals surface area contributed by atoms with E-state index in [1.165, 1.54) is 0 Å². The number of nitrogens with one attached hydrogen (secondary N) is 2. The van der Waals surface area contributed by atoms with E-state index in [1.807, 2.05) is 20.8 Å². The predicted octanol–water partition coefficient (Wildman–Crippen LogP) is 1.94. The van der Waals surface area contributed by atoms with E-state index in [0.717, 1.165) is 25.0 Å². The van der Waals surface area contributed by atoms with Gasteiger partial charge in [0.15, 0.2) is 0 Å². The molecule has 1 saturated heterocycles. The Morgan fingerprint density at radius 1 is 1.53 bits per heavy atom. The zero-order valence-corrected chi connectivity index (χ0v) is 12.0. The van der Waals surface area contributed by atoms with Crippen LogP contribution in [-0.4, -0.2) is 48.0 Å². The Morgan fingerprint density at radius 2 is 2.26 bits per heavy atom. The molecule has 0 aromatic carbocycles. The first-order valence-corrected chi connectivity index (χ1v) is 6.86. The molecule has 1 atom stereocenters. The quantitative estimate of drug-likeness (QED) is 0.703. The van der Waals surface area contributed by atoms with Crippen LogP contribution in [0.5, 0.6) is 0 Å². The van der Waals surface area contributed by atoms with Gasteiger partial charge >= 0.3 is 6.09 Å². The zero-order chi connectivity index (χ0) is 14.0. The van der Waals surface area contributed by atoms with E-state index >= 15 is 0 Å². The second kappa shape index (κ2) is 5.33. The molecule has 5 nitrogen and oxygen atoms in total. The lowest BCUT2D eigenvalue weighted by molar-refractivity contribution is 0.0189. The summed E-state index contributed by atoms with van der Waals surface area (Å²) in [6.45, 7) is 7.79. The molecule has 2 heterocycles. The highest BCUT2D eigenvalue weighted by molar-refractivity contribution is 6.00. The van der Waals surface area contributed by atoms with E-state index in [0.29, 0.717) is 18.8 Å². The van der Waals surface area contributed by atoms with Gasteiger partial charge in [0.25, 0.3) is 0 Å². The van der Waals surface area contributed by atoms with Gasteiger partial charge in [-0.2, -0.15) is 0 Å². The van der Waals surface area contributed by atoms with Crippen LogP contribution >= 0.6 is 0 Å². The molecule has 5 heteroatoms. The van der Waals surface area contributed by atoms with Crippen LogP contribution in [0.4, 0.5) is 4.79 Å². The van der Waals surface area contributed by atoms with E-state index in [9.17, 15) is 4.79 Å². The van der Waals surface area contributed by atoms with E-state index in [1.54, 1.807) is 4.90 Å². The van der Waals surface area contributed by atoms with Crippen LogP contribution in [0.2, 0.25) is 0 Å². The number of hydrogen-bond acceptors (Lipinski definition) is 4. The van der Waals surface area contributed by atoms with Crippen LogP contribution in [0.1, 0.15) is 33.6 Å². The third-order valence-corrected chi connectivity index (χ3v) is 3.34. The lowest BCUT2D eigenvalue weighted by Gasteiger charge is -2.36. The van der Waals surface area contributed by atoms with Gasteiger partial charge in [0.2, 0.25) is 0 Å². The summed E-state index contributed by atoms with van der Waals surface area (Å²) in [5.41, 5.74) is 1.15. The van der Waals surface area contributed by atoms with Gasteiger partial charge < -0.3 is 15.5 Å².